The van der Waals surface area contributed by atoms with Gasteiger partial charge >= 0.3 is 18.1 Å². The number of aliphatic hydroxyl groups is 1. The standard InChI is InChI=1S/C35H47N5O3S.C31H39N5O4S.C31H40N4O4S.5H2/c1-25(2)14-22-40-33(42)31(44-34(40)28-11-5-7-13-30(28)37-18-8-3-9-19-37)24-32(41)38-20-16-27(17-21-38)39-23-15-26-10-4-6-12-29(26)36-35(39)43;1-20(2)12-17-35-29(39)27(41-30(35)22-8-10-24(11-9-22)32-21(3)37)18-28(38)34-15-13-25(14-16-34)36-19-23-6-4-5-7-26(23)33-31(36)40;1-21(2)18-25(20-36)35-29(38)27(40-30(35)23-9-4-3-5-10-23)19-28(37)33-15-13-24(14-16-33)34-17-12-22-8-6-7-11-26(22)32-31(34)39;;;;;/h4-7,10-13,25,27,31,34H,3,8-9,14-24H2,1-2H3,(H,36,43);4-11,20,25,27,30H,12-19H2,1-3H3,(H,32,37)(H,33,40);3-11,21,24-25,27,30,36H,12-20H2,1-2H3,(H,32,39);5*1H/t;;25-,27?,30?;;;;;/m..1...../s1. The SMILES string of the molecule is CC(=O)Nc1ccc(C2SC(CC(=O)N3CCC(N4Cc5ccccc5NC4=O)CC3)C(=O)N2CCC(C)C)cc1.CC(C)CCN1C(=O)C(CC(=O)N2CCC(N3CCc4ccccc4NC3=O)CC2)SC1c1ccccc1N1CCCCC1.CC(C)C[C@H](CO)N1C(=O)C(CC(=O)N2CCC(N3CCc4ccccc4NC3=O)CC2)SC1c1ccccc1.[HH].[HH].[HH].[HH].[HH]. The topological polar surface area (TPSA) is 271 Å². The van der Waals surface area contributed by atoms with Gasteiger partial charge in [-0.2, -0.15) is 0 Å². The maximum Gasteiger partial charge on any atom is 0.322 e. The number of anilines is 5. The maximum atomic E-state index is 13.9. The zero-order valence-electron chi connectivity index (χ0n) is 73.6. The van der Waals surface area contributed by atoms with E-state index in [1.165, 1.54) is 49.2 Å². The molecule has 125 heavy (non-hydrogen) atoms. The van der Waals surface area contributed by atoms with Gasteiger partial charge < -0.3 is 75.4 Å². The molecule has 25 nitrogen and oxygen atoms in total. The summed E-state index contributed by atoms with van der Waals surface area (Å²) >= 11 is 4.72. The molecule has 10 aliphatic heterocycles. The first-order valence-corrected chi connectivity index (χ1v) is 48.3. The van der Waals surface area contributed by atoms with Gasteiger partial charge in [-0.15, -0.1) is 35.3 Å². The molecule has 0 spiro atoms. The van der Waals surface area contributed by atoms with Gasteiger partial charge in [0.1, 0.15) is 16.1 Å². The molecule has 6 aromatic rings. The first kappa shape index (κ1) is 91.4. The molecule has 0 bridgehead atoms. The molecule has 0 saturated carbocycles. The van der Waals surface area contributed by atoms with Crippen LogP contribution in [0.3, 0.4) is 0 Å². The number of amides is 13. The quantitative estimate of drug-likeness (QED) is 0.0377. The van der Waals surface area contributed by atoms with Crippen LogP contribution in [0.1, 0.15) is 201 Å². The van der Waals surface area contributed by atoms with Crippen molar-refractivity contribution < 1.29 is 60.2 Å². The fourth-order valence-electron chi connectivity index (χ4n) is 19.1. The number of carbonyl (C=O) groups excluding carboxylic acids is 10. The predicted molar refractivity (Wildman–Crippen MR) is 508 cm³/mol. The third kappa shape index (κ3) is 22.6. The number of urea groups is 3. The summed E-state index contributed by atoms with van der Waals surface area (Å²) in [5.41, 5.74) is 11.2. The molecule has 10 aliphatic rings. The smallest absolute Gasteiger partial charge is 0.322 e. The molecule has 0 aromatic heterocycles. The van der Waals surface area contributed by atoms with Crippen LogP contribution >= 0.6 is 35.3 Å². The van der Waals surface area contributed by atoms with Crippen molar-refractivity contribution in [2.75, 3.05) is 111 Å². The third-order valence-electron chi connectivity index (χ3n) is 26.1. The molecule has 28 heteroatoms. The van der Waals surface area contributed by atoms with Crippen molar-refractivity contribution in [3.63, 3.8) is 0 Å². The Morgan fingerprint density at radius 3 is 1.33 bits per heavy atom. The fourth-order valence-corrected chi connectivity index (χ4v) is 23.6. The highest BCUT2D eigenvalue weighted by Crippen LogP contribution is 2.50. The number of benzene rings is 6. The van der Waals surface area contributed by atoms with Crippen LogP contribution in [0.15, 0.2) is 152 Å². The Kier molecular flexibility index (Phi) is 31.2. The van der Waals surface area contributed by atoms with E-state index in [4.69, 9.17) is 0 Å². The molecule has 6 aromatic carbocycles. The van der Waals surface area contributed by atoms with Gasteiger partial charge in [-0.25, -0.2) is 14.4 Å². The van der Waals surface area contributed by atoms with Crippen LogP contribution in [-0.4, -0.2) is 234 Å². The number of hydrogen-bond donors (Lipinski definition) is 5. The molecule has 0 radical (unpaired) electrons. The lowest BCUT2D eigenvalue weighted by Gasteiger charge is -2.40. The second-order valence-electron chi connectivity index (χ2n) is 36.1. The van der Waals surface area contributed by atoms with Gasteiger partial charge in [0.25, 0.3) is 0 Å². The molecule has 16 rings (SSSR count). The van der Waals surface area contributed by atoms with E-state index in [0.29, 0.717) is 102 Å². The normalized spacial score (nSPS) is 22.4. The van der Waals surface area contributed by atoms with Crippen LogP contribution in [0.5, 0.6) is 0 Å². The number of carbonyl (C=O) groups is 10. The van der Waals surface area contributed by atoms with Crippen molar-refractivity contribution in [1.29, 1.82) is 0 Å². The predicted octanol–water partition coefficient (Wildman–Crippen LogP) is 16.9. The lowest BCUT2D eigenvalue weighted by atomic mass is 10.0. The number of nitrogens with zero attached hydrogens (tertiary/aromatic N) is 10. The van der Waals surface area contributed by atoms with Crippen LogP contribution < -0.4 is 26.2 Å². The van der Waals surface area contributed by atoms with Crippen molar-refractivity contribution in [3.8, 4) is 0 Å². The average Bonchev–Trinajstić information content (AvgIpc) is 1.60. The second kappa shape index (κ2) is 42.7. The number of thioether (sulfide) groups is 3. The van der Waals surface area contributed by atoms with E-state index in [9.17, 15) is 53.1 Å². The van der Waals surface area contributed by atoms with Crippen LogP contribution in [0.25, 0.3) is 0 Å². The number of likely N-dealkylation sites (tertiary alicyclic amines) is 3. The number of piperidine rings is 4. The summed E-state index contributed by atoms with van der Waals surface area (Å²) in [6.45, 7) is 23.1. The van der Waals surface area contributed by atoms with Gasteiger partial charge in [0, 0.05) is 171 Å². The molecule has 6 unspecified atom stereocenters. The zero-order chi connectivity index (χ0) is 88.0. The lowest BCUT2D eigenvalue weighted by molar-refractivity contribution is -0.138. The van der Waals surface area contributed by atoms with Gasteiger partial charge in [-0.1, -0.05) is 157 Å². The first-order chi connectivity index (χ1) is 60.4. The van der Waals surface area contributed by atoms with Gasteiger partial charge in [0.05, 0.1) is 28.4 Å². The number of rotatable bonds is 24. The summed E-state index contributed by atoms with van der Waals surface area (Å²) in [7, 11) is 0. The van der Waals surface area contributed by atoms with Gasteiger partial charge in [0.15, 0.2) is 0 Å². The minimum atomic E-state index is -0.480. The van der Waals surface area contributed by atoms with E-state index in [-0.39, 0.29) is 138 Å². The van der Waals surface area contributed by atoms with Gasteiger partial charge in [0.2, 0.25) is 41.4 Å². The number of aliphatic hydroxyl groups excluding tert-OH is 1. The van der Waals surface area contributed by atoms with E-state index < -0.39 is 10.5 Å². The number of nitrogens with one attached hydrogen (secondary N) is 4. The molecule has 13 amide bonds. The molecule has 7 saturated heterocycles. The minimum Gasteiger partial charge on any atom is -0.394 e. The molecule has 7 fully saturated rings. The van der Waals surface area contributed by atoms with E-state index in [1.54, 1.807) is 23.5 Å². The highest BCUT2D eigenvalue weighted by atomic mass is 32.2. The van der Waals surface area contributed by atoms with Crippen LogP contribution in [0, 0.1) is 17.8 Å². The van der Waals surface area contributed by atoms with Crippen molar-refractivity contribution in [3.05, 3.63) is 185 Å². The first-order valence-electron chi connectivity index (χ1n) is 45.5. The maximum absolute atomic E-state index is 13.9. The van der Waals surface area contributed by atoms with Crippen LogP contribution in [0.2, 0.25) is 0 Å². The van der Waals surface area contributed by atoms with Crippen molar-refractivity contribution >= 4 is 123 Å². The summed E-state index contributed by atoms with van der Waals surface area (Å²) in [4.78, 5) is 151. The van der Waals surface area contributed by atoms with Crippen molar-refractivity contribution in [1.82, 2.24) is 44.1 Å². The largest absolute Gasteiger partial charge is 0.394 e. The Morgan fingerprint density at radius 1 is 0.440 bits per heavy atom. The molecular weight excluding hydrogens is 1630 g/mol. The van der Waals surface area contributed by atoms with Gasteiger partial charge in [-0.05, 0) is 172 Å². The van der Waals surface area contributed by atoms with Crippen LogP contribution in [0.4, 0.5) is 42.8 Å². The summed E-state index contributed by atoms with van der Waals surface area (Å²) in [6.07, 6.45) is 12.8. The summed E-state index contributed by atoms with van der Waals surface area (Å²) < 4.78 is 0. The van der Waals surface area contributed by atoms with E-state index in [0.717, 1.165) is 122 Å². The van der Waals surface area contributed by atoms with E-state index >= 15 is 0 Å². The Bertz CT molecular complexity index is 4790. The zero-order valence-corrected chi connectivity index (χ0v) is 76.0. The Hall–Kier alpha value is -9.77. The molecule has 10 heterocycles. The summed E-state index contributed by atoms with van der Waals surface area (Å²) in [5, 5.41) is 20.3. The van der Waals surface area contributed by atoms with E-state index in [1.807, 2.05) is 159 Å². The van der Waals surface area contributed by atoms with Crippen molar-refractivity contribution in [2.24, 2.45) is 17.8 Å². The third-order valence-corrected chi connectivity index (χ3v) is 30.5. The average molecular weight is 1770 g/mol. The van der Waals surface area contributed by atoms with Crippen LogP contribution in [-0.2, 0) is 52.9 Å². The monoisotopic (exact) mass is 1770 g/mol. The number of fused-ring (bicyclic) bond motifs is 3. The summed E-state index contributed by atoms with van der Waals surface area (Å²) in [6, 6.07) is 49.6. The highest BCUT2D eigenvalue weighted by Gasteiger charge is 2.49. The lowest BCUT2D eigenvalue weighted by Crippen LogP contribution is -2.51. The number of para-hydroxylation sites is 4. The second-order valence-corrected chi connectivity index (χ2v) is 40.0. The minimum absolute atomic E-state index is 0. The molecular formula is C97H136N14O11S3. The van der Waals surface area contributed by atoms with E-state index in [2.05, 4.69) is 104 Å². The molecule has 5 N–H and O–H groups in total. The summed E-state index contributed by atoms with van der Waals surface area (Å²) in [5.74, 6) is 1.21. The molecule has 0 aliphatic carbocycles. The van der Waals surface area contributed by atoms with Gasteiger partial charge in [-0.3, -0.25) is 33.6 Å². The Morgan fingerprint density at radius 2 is 0.848 bits per heavy atom. The molecule has 678 valence electrons. The fraction of sp³-hybridized carbons (Fsp3) is 0.526. The Labute approximate surface area is 757 Å². The van der Waals surface area contributed by atoms with Crippen molar-refractivity contribution in [2.45, 2.75) is 220 Å². The Balaban J connectivity index is 0.000000216. The highest BCUT2D eigenvalue weighted by molar-refractivity contribution is 8.01. The molecule has 7 atom stereocenters. The number of hydrogen-bond acceptors (Lipinski definition) is 15.